The van der Waals surface area contributed by atoms with E-state index in [0.29, 0.717) is 17.8 Å². The summed E-state index contributed by atoms with van der Waals surface area (Å²) in [5.41, 5.74) is 0.131. The smallest absolute Gasteiger partial charge is 0.270 e. The second-order valence-electron chi connectivity index (χ2n) is 5.74. The van der Waals surface area contributed by atoms with Crippen molar-refractivity contribution in [3.63, 3.8) is 0 Å². The van der Waals surface area contributed by atoms with Crippen LogP contribution in [0, 0.1) is 10.1 Å². The van der Waals surface area contributed by atoms with Crippen molar-refractivity contribution in [2.45, 2.75) is 6.92 Å². The maximum absolute atomic E-state index is 12.2. The van der Waals surface area contributed by atoms with Gasteiger partial charge >= 0.3 is 0 Å². The summed E-state index contributed by atoms with van der Waals surface area (Å²) in [6.07, 6.45) is 0.395. The van der Waals surface area contributed by atoms with Gasteiger partial charge in [-0.05, 0) is 19.1 Å². The normalized spacial score (nSPS) is 11.6. The molecule has 0 fully saturated rings. The first-order chi connectivity index (χ1) is 13.4. The van der Waals surface area contributed by atoms with Crippen molar-refractivity contribution >= 4 is 29.4 Å². The van der Waals surface area contributed by atoms with Crippen LogP contribution in [0.1, 0.15) is 27.6 Å². The van der Waals surface area contributed by atoms with Crippen LogP contribution in [0.4, 0.5) is 11.4 Å². The monoisotopic (exact) mass is 386 g/mol. The molecular weight excluding hydrogens is 372 g/mol. The van der Waals surface area contributed by atoms with Gasteiger partial charge in [0.1, 0.15) is 5.75 Å². The highest BCUT2D eigenvalue weighted by Crippen LogP contribution is 2.37. The molecule has 0 aromatic heterocycles. The third kappa shape index (κ3) is 3.90. The van der Waals surface area contributed by atoms with Crippen LogP contribution in [0.25, 0.3) is 0 Å². The molecule has 0 unspecified atom stereocenters. The molecule has 0 saturated heterocycles. The highest BCUT2D eigenvalue weighted by molar-refractivity contribution is 6.05. The van der Waals surface area contributed by atoms with Gasteiger partial charge in [0, 0.05) is 23.8 Å². The molecule has 0 radical (unpaired) electrons. The second-order valence-corrected chi connectivity index (χ2v) is 5.74. The van der Waals surface area contributed by atoms with Gasteiger partial charge in [-0.15, -0.1) is 0 Å². The molecule has 0 atom stereocenters. The van der Waals surface area contributed by atoms with Crippen LogP contribution in [0.2, 0.25) is 0 Å². The topological polar surface area (TPSA) is 134 Å². The van der Waals surface area contributed by atoms with Gasteiger partial charge in [0.05, 0.1) is 16.2 Å². The number of hydrogen-bond donors (Lipinski definition) is 1. The van der Waals surface area contributed by atoms with E-state index in [2.05, 4.69) is 5.32 Å². The standard InChI is InChI=1S/C18H14N2O8/c1-10(22)13-5-16-17(28-9-27-16)6-14(13)19-18(23)8-26-15-3-2-12(20(24)25)4-11(15)7-21/h2-7H,8-9H2,1H3,(H,19,23). The number of carbonyl (C=O) groups excluding carboxylic acids is 3. The number of nitro groups is 1. The Morgan fingerprint density at radius 2 is 1.96 bits per heavy atom. The lowest BCUT2D eigenvalue weighted by atomic mass is 10.1. The summed E-state index contributed by atoms with van der Waals surface area (Å²) < 4.78 is 15.7. The number of ketones is 1. The number of nitrogens with one attached hydrogen (secondary N) is 1. The lowest BCUT2D eigenvalue weighted by molar-refractivity contribution is -0.384. The number of benzene rings is 2. The minimum Gasteiger partial charge on any atom is -0.483 e. The van der Waals surface area contributed by atoms with E-state index in [1.165, 1.54) is 25.1 Å². The number of nitro benzene ring substituents is 1. The van der Waals surface area contributed by atoms with Crippen LogP contribution in [0.3, 0.4) is 0 Å². The van der Waals surface area contributed by atoms with Crippen LogP contribution < -0.4 is 19.5 Å². The molecule has 0 bridgehead atoms. The maximum atomic E-state index is 12.2. The van der Waals surface area contributed by atoms with Crippen LogP contribution in [-0.4, -0.2) is 36.3 Å². The Bertz CT molecular complexity index is 986. The van der Waals surface area contributed by atoms with E-state index in [1.54, 1.807) is 0 Å². The van der Waals surface area contributed by atoms with Gasteiger partial charge in [-0.3, -0.25) is 24.5 Å². The van der Waals surface area contributed by atoms with Crippen molar-refractivity contribution in [2.75, 3.05) is 18.7 Å². The lowest BCUT2D eigenvalue weighted by Gasteiger charge is -2.12. The summed E-state index contributed by atoms with van der Waals surface area (Å²) in [6, 6.07) is 6.39. The number of Topliss-reactive ketones (excluding diaryl/α,β-unsaturated/α-hetero) is 1. The molecule has 2 aromatic rings. The van der Waals surface area contributed by atoms with E-state index in [0.717, 1.165) is 12.1 Å². The zero-order valence-corrected chi connectivity index (χ0v) is 14.6. The Hall–Kier alpha value is -3.95. The zero-order chi connectivity index (χ0) is 20.3. The summed E-state index contributed by atoms with van der Waals surface area (Å²) in [7, 11) is 0. The average molecular weight is 386 g/mol. The third-order valence-electron chi connectivity index (χ3n) is 3.86. The highest BCUT2D eigenvalue weighted by Gasteiger charge is 2.21. The van der Waals surface area contributed by atoms with Gasteiger partial charge in [-0.2, -0.15) is 0 Å². The van der Waals surface area contributed by atoms with Crippen LogP contribution in [-0.2, 0) is 4.79 Å². The van der Waals surface area contributed by atoms with Gasteiger partial charge in [-0.25, -0.2) is 0 Å². The molecule has 1 aliphatic rings. The van der Waals surface area contributed by atoms with Crippen LogP contribution >= 0.6 is 0 Å². The van der Waals surface area contributed by atoms with Gasteiger partial charge in [0.2, 0.25) is 6.79 Å². The Labute approximate surface area is 158 Å². The first-order valence-corrected chi connectivity index (χ1v) is 8.00. The molecule has 0 spiro atoms. The predicted octanol–water partition coefficient (Wildman–Crippen LogP) is 2.36. The quantitative estimate of drug-likeness (QED) is 0.332. The molecule has 0 aliphatic carbocycles. The van der Waals surface area contributed by atoms with E-state index in [1.807, 2.05) is 0 Å². The van der Waals surface area contributed by atoms with Crippen molar-refractivity contribution in [3.05, 3.63) is 51.6 Å². The van der Waals surface area contributed by atoms with Crippen molar-refractivity contribution in [1.29, 1.82) is 0 Å². The number of non-ortho nitro benzene ring substituents is 1. The lowest BCUT2D eigenvalue weighted by Crippen LogP contribution is -2.21. The number of aldehydes is 1. The molecule has 3 rings (SSSR count). The van der Waals surface area contributed by atoms with Gasteiger partial charge in [0.25, 0.3) is 11.6 Å². The number of carbonyl (C=O) groups is 3. The van der Waals surface area contributed by atoms with Gasteiger partial charge in [-0.1, -0.05) is 0 Å². The highest BCUT2D eigenvalue weighted by atomic mass is 16.7. The fraction of sp³-hybridized carbons (Fsp3) is 0.167. The SMILES string of the molecule is CC(=O)c1cc2c(cc1NC(=O)COc1ccc([N+](=O)[O-])cc1C=O)OCO2. The third-order valence-corrected chi connectivity index (χ3v) is 3.86. The number of hydrogen-bond acceptors (Lipinski definition) is 8. The Kier molecular flexibility index (Phi) is 5.21. The molecule has 1 amide bonds. The van der Waals surface area contributed by atoms with Gasteiger partial charge < -0.3 is 19.5 Å². The van der Waals surface area contributed by atoms with E-state index in [9.17, 15) is 24.5 Å². The zero-order valence-electron chi connectivity index (χ0n) is 14.6. The number of rotatable bonds is 7. The summed E-state index contributed by atoms with van der Waals surface area (Å²) in [4.78, 5) is 45.3. The van der Waals surface area contributed by atoms with E-state index in [-0.39, 0.29) is 40.8 Å². The number of anilines is 1. The molecule has 28 heavy (non-hydrogen) atoms. The fourth-order valence-corrected chi connectivity index (χ4v) is 2.54. The van der Waals surface area contributed by atoms with E-state index >= 15 is 0 Å². The Morgan fingerprint density at radius 1 is 1.25 bits per heavy atom. The molecule has 1 N–H and O–H groups in total. The number of amides is 1. The number of ether oxygens (including phenoxy) is 3. The molecule has 0 saturated carbocycles. The molecule has 10 heteroatoms. The predicted molar refractivity (Wildman–Crippen MR) is 95.2 cm³/mol. The maximum Gasteiger partial charge on any atom is 0.270 e. The van der Waals surface area contributed by atoms with Crippen molar-refractivity contribution in [2.24, 2.45) is 0 Å². The average Bonchev–Trinajstić information content (AvgIpc) is 3.12. The molecule has 2 aromatic carbocycles. The van der Waals surface area contributed by atoms with Crippen molar-refractivity contribution in [3.8, 4) is 17.2 Å². The summed E-state index contributed by atoms with van der Waals surface area (Å²) >= 11 is 0. The minimum atomic E-state index is -0.646. The Balaban J connectivity index is 1.72. The molecule has 10 nitrogen and oxygen atoms in total. The summed E-state index contributed by atoms with van der Waals surface area (Å²) in [6.45, 7) is 0.878. The Morgan fingerprint density at radius 3 is 2.61 bits per heavy atom. The summed E-state index contributed by atoms with van der Waals surface area (Å²) in [5, 5.41) is 13.3. The van der Waals surface area contributed by atoms with E-state index < -0.39 is 17.4 Å². The van der Waals surface area contributed by atoms with Crippen LogP contribution in [0.15, 0.2) is 30.3 Å². The van der Waals surface area contributed by atoms with Crippen molar-refractivity contribution in [1.82, 2.24) is 0 Å². The minimum absolute atomic E-state index is 0.0157. The second kappa shape index (κ2) is 7.74. The van der Waals surface area contributed by atoms with Crippen LogP contribution in [0.5, 0.6) is 17.2 Å². The number of nitrogens with zero attached hydrogens (tertiary/aromatic N) is 1. The largest absolute Gasteiger partial charge is 0.483 e. The first kappa shape index (κ1) is 18.8. The molecular formula is C18H14N2O8. The van der Waals surface area contributed by atoms with E-state index in [4.69, 9.17) is 14.2 Å². The molecule has 144 valence electrons. The molecule has 1 aliphatic heterocycles. The van der Waals surface area contributed by atoms with Gasteiger partial charge in [0.15, 0.2) is 30.2 Å². The molecule has 1 heterocycles. The van der Waals surface area contributed by atoms with Crippen molar-refractivity contribution < 1.29 is 33.5 Å². The fourth-order valence-electron chi connectivity index (χ4n) is 2.54. The summed E-state index contributed by atoms with van der Waals surface area (Å²) in [5.74, 6) is -0.0706. The first-order valence-electron chi connectivity index (χ1n) is 8.00. The number of fused-ring (bicyclic) bond motifs is 1.